The molecule has 1 aromatic carbocycles. The van der Waals surface area contributed by atoms with Gasteiger partial charge in [-0.15, -0.1) is 0 Å². The van der Waals surface area contributed by atoms with Gasteiger partial charge in [-0.05, 0) is 18.2 Å². The van der Waals surface area contributed by atoms with Gasteiger partial charge in [-0.1, -0.05) is 16.8 Å². The molecule has 0 saturated carbocycles. The van der Waals surface area contributed by atoms with Gasteiger partial charge in [0, 0.05) is 23.7 Å². The molecule has 0 unspecified atom stereocenters. The Morgan fingerprint density at radius 1 is 1.50 bits per heavy atom. The molecule has 1 aromatic heterocycles. The lowest BCUT2D eigenvalue weighted by Crippen LogP contribution is -2.26. The summed E-state index contributed by atoms with van der Waals surface area (Å²) in [5.41, 5.74) is 6.44. The van der Waals surface area contributed by atoms with Gasteiger partial charge in [0.15, 0.2) is 5.82 Å². The molecule has 7 heteroatoms. The number of halogens is 1. The second kappa shape index (κ2) is 5.50. The second-order valence-electron chi connectivity index (χ2n) is 3.58. The van der Waals surface area contributed by atoms with Gasteiger partial charge in [0.25, 0.3) is 5.91 Å². The van der Waals surface area contributed by atoms with Crippen molar-refractivity contribution in [1.29, 1.82) is 0 Å². The van der Waals surface area contributed by atoms with Crippen LogP contribution < -0.4 is 11.1 Å². The Morgan fingerprint density at radius 2 is 2.33 bits per heavy atom. The fourth-order valence-corrected chi connectivity index (χ4v) is 1.58. The molecule has 0 spiro atoms. The molecular formula is C11H11ClN4O2. The molecule has 94 valence electrons. The first-order valence-corrected chi connectivity index (χ1v) is 5.63. The SMILES string of the molecule is Nc1ccc(Cl)cc1C(=O)NCCc1ncon1. The number of hydrogen-bond donors (Lipinski definition) is 2. The molecule has 2 aromatic rings. The molecule has 0 atom stereocenters. The van der Waals surface area contributed by atoms with Crippen molar-refractivity contribution < 1.29 is 9.32 Å². The van der Waals surface area contributed by atoms with Gasteiger partial charge in [-0.25, -0.2) is 0 Å². The van der Waals surface area contributed by atoms with E-state index in [2.05, 4.69) is 20.0 Å². The molecule has 1 amide bonds. The van der Waals surface area contributed by atoms with E-state index in [9.17, 15) is 4.79 Å². The van der Waals surface area contributed by atoms with Crippen LogP contribution in [0.2, 0.25) is 5.02 Å². The highest BCUT2D eigenvalue weighted by atomic mass is 35.5. The number of aromatic nitrogens is 2. The van der Waals surface area contributed by atoms with E-state index in [1.54, 1.807) is 12.1 Å². The number of nitrogen functional groups attached to an aromatic ring is 1. The van der Waals surface area contributed by atoms with E-state index in [-0.39, 0.29) is 5.91 Å². The van der Waals surface area contributed by atoms with E-state index in [0.717, 1.165) is 0 Å². The van der Waals surface area contributed by atoms with Crippen molar-refractivity contribution in [2.45, 2.75) is 6.42 Å². The standard InChI is InChI=1S/C11H11ClN4O2/c12-7-1-2-9(13)8(5-7)11(17)14-4-3-10-15-6-18-16-10/h1-2,5-6H,3-4,13H2,(H,14,17). The summed E-state index contributed by atoms with van der Waals surface area (Å²) in [6, 6.07) is 4.75. The first kappa shape index (κ1) is 12.4. The highest BCUT2D eigenvalue weighted by Crippen LogP contribution is 2.17. The topological polar surface area (TPSA) is 94.0 Å². The number of benzene rings is 1. The van der Waals surface area contributed by atoms with Crippen LogP contribution in [0.5, 0.6) is 0 Å². The quantitative estimate of drug-likeness (QED) is 0.813. The van der Waals surface area contributed by atoms with Gasteiger partial charge >= 0.3 is 0 Å². The summed E-state index contributed by atoms with van der Waals surface area (Å²) in [6.45, 7) is 0.393. The summed E-state index contributed by atoms with van der Waals surface area (Å²) in [7, 11) is 0. The maximum atomic E-state index is 11.8. The Hall–Kier alpha value is -2.08. The van der Waals surface area contributed by atoms with Crippen LogP contribution >= 0.6 is 11.6 Å². The maximum Gasteiger partial charge on any atom is 0.253 e. The average molecular weight is 267 g/mol. The number of nitrogens with one attached hydrogen (secondary N) is 1. The number of hydrogen-bond acceptors (Lipinski definition) is 5. The summed E-state index contributed by atoms with van der Waals surface area (Å²) >= 11 is 5.81. The van der Waals surface area contributed by atoms with E-state index < -0.39 is 0 Å². The summed E-state index contributed by atoms with van der Waals surface area (Å²) in [5, 5.41) is 6.81. The highest BCUT2D eigenvalue weighted by Gasteiger charge is 2.10. The molecule has 0 aliphatic heterocycles. The zero-order chi connectivity index (χ0) is 13.0. The van der Waals surface area contributed by atoms with Crippen LogP contribution in [0.25, 0.3) is 0 Å². The Labute approximate surface area is 108 Å². The zero-order valence-electron chi connectivity index (χ0n) is 9.39. The summed E-state index contributed by atoms with van der Waals surface area (Å²) in [4.78, 5) is 15.7. The predicted molar refractivity (Wildman–Crippen MR) is 66.2 cm³/mol. The molecular weight excluding hydrogens is 256 g/mol. The third kappa shape index (κ3) is 2.98. The normalized spacial score (nSPS) is 10.3. The fraction of sp³-hybridized carbons (Fsp3) is 0.182. The lowest BCUT2D eigenvalue weighted by Gasteiger charge is -2.06. The number of nitrogens with two attached hydrogens (primary N) is 1. The first-order valence-electron chi connectivity index (χ1n) is 5.25. The second-order valence-corrected chi connectivity index (χ2v) is 4.02. The Kier molecular flexibility index (Phi) is 3.78. The van der Waals surface area contributed by atoms with E-state index in [1.807, 2.05) is 0 Å². The summed E-state index contributed by atoms with van der Waals surface area (Å²) in [5.74, 6) is 0.257. The van der Waals surface area contributed by atoms with Crippen molar-refractivity contribution in [2.75, 3.05) is 12.3 Å². The van der Waals surface area contributed by atoms with Gasteiger partial charge in [-0.2, -0.15) is 4.98 Å². The Morgan fingerprint density at radius 3 is 3.06 bits per heavy atom. The summed E-state index contributed by atoms with van der Waals surface area (Å²) in [6.07, 6.45) is 1.73. The minimum Gasteiger partial charge on any atom is -0.398 e. The highest BCUT2D eigenvalue weighted by molar-refractivity contribution is 6.31. The predicted octanol–water partition coefficient (Wildman–Crippen LogP) is 1.28. The van der Waals surface area contributed by atoms with Crippen LogP contribution in [0.4, 0.5) is 5.69 Å². The van der Waals surface area contributed by atoms with E-state index in [0.29, 0.717) is 35.1 Å². The lowest BCUT2D eigenvalue weighted by atomic mass is 10.1. The molecule has 0 radical (unpaired) electrons. The first-order chi connectivity index (χ1) is 8.66. The van der Waals surface area contributed by atoms with E-state index in [1.165, 1.54) is 12.5 Å². The number of nitrogens with zero attached hydrogens (tertiary/aromatic N) is 2. The summed E-state index contributed by atoms with van der Waals surface area (Å²) < 4.78 is 4.58. The minimum atomic E-state index is -0.279. The van der Waals surface area contributed by atoms with Crippen molar-refractivity contribution in [3.63, 3.8) is 0 Å². The zero-order valence-corrected chi connectivity index (χ0v) is 10.1. The fourth-order valence-electron chi connectivity index (χ4n) is 1.41. The molecule has 0 aliphatic rings. The third-order valence-electron chi connectivity index (χ3n) is 2.30. The van der Waals surface area contributed by atoms with Crippen LogP contribution in [0.1, 0.15) is 16.2 Å². The van der Waals surface area contributed by atoms with Crippen LogP contribution in [0, 0.1) is 0 Å². The number of anilines is 1. The van der Waals surface area contributed by atoms with Crippen molar-refractivity contribution in [3.05, 3.63) is 41.0 Å². The van der Waals surface area contributed by atoms with Gasteiger partial charge < -0.3 is 15.6 Å². The average Bonchev–Trinajstić information content (AvgIpc) is 2.85. The van der Waals surface area contributed by atoms with Crippen LogP contribution in [0.3, 0.4) is 0 Å². The largest absolute Gasteiger partial charge is 0.398 e. The minimum absolute atomic E-state index is 0.279. The smallest absolute Gasteiger partial charge is 0.253 e. The monoisotopic (exact) mass is 266 g/mol. The van der Waals surface area contributed by atoms with Gasteiger partial charge in [0.2, 0.25) is 6.39 Å². The molecule has 2 rings (SSSR count). The molecule has 6 nitrogen and oxygen atoms in total. The lowest BCUT2D eigenvalue weighted by molar-refractivity contribution is 0.0955. The Bertz CT molecular complexity index is 542. The third-order valence-corrected chi connectivity index (χ3v) is 2.54. The molecule has 18 heavy (non-hydrogen) atoms. The number of rotatable bonds is 4. The molecule has 0 fully saturated rings. The number of amides is 1. The van der Waals surface area contributed by atoms with Gasteiger partial charge in [-0.3, -0.25) is 4.79 Å². The molecule has 0 aliphatic carbocycles. The van der Waals surface area contributed by atoms with E-state index >= 15 is 0 Å². The molecule has 0 bridgehead atoms. The molecule has 3 N–H and O–H groups in total. The molecule has 0 saturated heterocycles. The number of carbonyl (C=O) groups excluding carboxylic acids is 1. The maximum absolute atomic E-state index is 11.8. The van der Waals surface area contributed by atoms with E-state index in [4.69, 9.17) is 17.3 Å². The van der Waals surface area contributed by atoms with Crippen molar-refractivity contribution in [2.24, 2.45) is 0 Å². The van der Waals surface area contributed by atoms with Crippen molar-refractivity contribution >= 4 is 23.2 Å². The van der Waals surface area contributed by atoms with Crippen LogP contribution in [-0.4, -0.2) is 22.6 Å². The van der Waals surface area contributed by atoms with Crippen molar-refractivity contribution in [3.8, 4) is 0 Å². The van der Waals surface area contributed by atoms with Gasteiger partial charge in [0.05, 0.1) is 5.56 Å². The number of carbonyl (C=O) groups is 1. The Balaban J connectivity index is 1.93. The van der Waals surface area contributed by atoms with Gasteiger partial charge in [0.1, 0.15) is 0 Å². The van der Waals surface area contributed by atoms with Crippen LogP contribution in [-0.2, 0) is 6.42 Å². The van der Waals surface area contributed by atoms with Crippen molar-refractivity contribution in [1.82, 2.24) is 15.5 Å². The molecule has 1 heterocycles. The van der Waals surface area contributed by atoms with Crippen LogP contribution in [0.15, 0.2) is 29.1 Å².